The fraction of sp³-hybridized carbons (Fsp3) is 0.875. The minimum absolute atomic E-state index is 0.0430. The van der Waals surface area contributed by atoms with Crippen LogP contribution in [0.3, 0.4) is 0 Å². The highest BCUT2D eigenvalue weighted by atomic mass is 32.1. The van der Waals surface area contributed by atoms with Crippen molar-refractivity contribution >= 4 is 17.2 Å². The number of ether oxygens (including phenoxy) is 2. The summed E-state index contributed by atoms with van der Waals surface area (Å²) in [6.45, 7) is 7.01. The maximum absolute atomic E-state index is 5.42. The van der Waals surface area contributed by atoms with Crippen molar-refractivity contribution in [3.8, 4) is 0 Å². The average Bonchev–Trinajstić information content (AvgIpc) is 2.00. The molecule has 0 aliphatic rings. The van der Waals surface area contributed by atoms with E-state index in [1.165, 1.54) is 0 Å². The van der Waals surface area contributed by atoms with E-state index in [1.807, 2.05) is 20.8 Å². The smallest absolute Gasteiger partial charge is 0.105 e. The average molecular weight is 191 g/mol. The standard InChI is InChI=1S/C8H17NO2S/c1-4-10-5-6(2)11-7(3)8(9)12/h6-7H,4-5H2,1-3H3,(H2,9,12). The van der Waals surface area contributed by atoms with Crippen molar-refractivity contribution in [2.45, 2.75) is 33.0 Å². The van der Waals surface area contributed by atoms with Gasteiger partial charge >= 0.3 is 0 Å². The Hall–Kier alpha value is -0.190. The van der Waals surface area contributed by atoms with Crippen LogP contribution in [0.1, 0.15) is 20.8 Å². The first-order valence-corrected chi connectivity index (χ1v) is 4.51. The van der Waals surface area contributed by atoms with Crippen molar-refractivity contribution in [3.63, 3.8) is 0 Å². The molecule has 0 spiro atoms. The molecule has 0 aromatic heterocycles. The predicted molar refractivity (Wildman–Crippen MR) is 53.3 cm³/mol. The largest absolute Gasteiger partial charge is 0.391 e. The third-order valence-corrected chi connectivity index (χ3v) is 1.73. The monoisotopic (exact) mass is 191 g/mol. The van der Waals surface area contributed by atoms with Crippen molar-refractivity contribution in [3.05, 3.63) is 0 Å². The van der Waals surface area contributed by atoms with E-state index in [9.17, 15) is 0 Å². The Morgan fingerprint density at radius 2 is 2.08 bits per heavy atom. The van der Waals surface area contributed by atoms with Gasteiger partial charge in [0.15, 0.2) is 0 Å². The van der Waals surface area contributed by atoms with Gasteiger partial charge in [0.05, 0.1) is 12.7 Å². The van der Waals surface area contributed by atoms with Crippen LogP contribution in [0.25, 0.3) is 0 Å². The van der Waals surface area contributed by atoms with Crippen LogP contribution < -0.4 is 5.73 Å². The van der Waals surface area contributed by atoms with Crippen molar-refractivity contribution in [2.24, 2.45) is 5.73 Å². The summed E-state index contributed by atoms with van der Waals surface area (Å²) in [6, 6.07) is 0. The molecule has 0 aromatic rings. The molecule has 0 amide bonds. The maximum atomic E-state index is 5.42. The van der Waals surface area contributed by atoms with Gasteiger partial charge < -0.3 is 15.2 Å². The molecule has 3 nitrogen and oxygen atoms in total. The van der Waals surface area contributed by atoms with Gasteiger partial charge in [0, 0.05) is 6.61 Å². The molecule has 0 radical (unpaired) electrons. The Morgan fingerprint density at radius 1 is 1.50 bits per heavy atom. The summed E-state index contributed by atoms with van der Waals surface area (Å²) in [7, 11) is 0. The van der Waals surface area contributed by atoms with Gasteiger partial charge in [0.1, 0.15) is 11.1 Å². The van der Waals surface area contributed by atoms with Crippen LogP contribution in [-0.2, 0) is 9.47 Å². The molecule has 0 saturated carbocycles. The molecule has 0 fully saturated rings. The second kappa shape index (κ2) is 6.34. The first kappa shape index (κ1) is 11.8. The fourth-order valence-corrected chi connectivity index (χ4v) is 0.794. The third-order valence-electron chi connectivity index (χ3n) is 1.39. The van der Waals surface area contributed by atoms with Crippen LogP contribution in [0.2, 0.25) is 0 Å². The van der Waals surface area contributed by atoms with Gasteiger partial charge in [-0.25, -0.2) is 0 Å². The van der Waals surface area contributed by atoms with E-state index < -0.39 is 0 Å². The summed E-state index contributed by atoms with van der Waals surface area (Å²) < 4.78 is 10.6. The van der Waals surface area contributed by atoms with E-state index in [0.717, 1.165) is 0 Å². The fourth-order valence-electron chi connectivity index (χ4n) is 0.739. The summed E-state index contributed by atoms with van der Waals surface area (Å²) in [5.41, 5.74) is 5.38. The van der Waals surface area contributed by atoms with Crippen LogP contribution in [-0.4, -0.2) is 30.4 Å². The van der Waals surface area contributed by atoms with Crippen molar-refractivity contribution in [2.75, 3.05) is 13.2 Å². The molecule has 4 heteroatoms. The Bertz CT molecular complexity index is 141. The molecule has 0 heterocycles. The SMILES string of the molecule is CCOCC(C)OC(C)C(N)=S. The Kier molecular flexibility index (Phi) is 6.24. The van der Waals surface area contributed by atoms with E-state index in [1.54, 1.807) is 0 Å². The van der Waals surface area contributed by atoms with Crippen LogP contribution in [0.15, 0.2) is 0 Å². The van der Waals surface area contributed by atoms with E-state index in [-0.39, 0.29) is 12.2 Å². The lowest BCUT2D eigenvalue weighted by molar-refractivity contribution is -0.0160. The predicted octanol–water partition coefficient (Wildman–Crippen LogP) is 1.10. The van der Waals surface area contributed by atoms with Crippen molar-refractivity contribution < 1.29 is 9.47 Å². The minimum Gasteiger partial charge on any atom is -0.391 e. The van der Waals surface area contributed by atoms with Gasteiger partial charge in [-0.2, -0.15) is 0 Å². The number of nitrogens with two attached hydrogens (primary N) is 1. The van der Waals surface area contributed by atoms with Crippen molar-refractivity contribution in [1.82, 2.24) is 0 Å². The zero-order valence-electron chi connectivity index (χ0n) is 7.87. The van der Waals surface area contributed by atoms with Gasteiger partial charge in [0.2, 0.25) is 0 Å². The lowest BCUT2D eigenvalue weighted by Gasteiger charge is -2.17. The zero-order valence-corrected chi connectivity index (χ0v) is 8.69. The van der Waals surface area contributed by atoms with Gasteiger partial charge in [-0.1, -0.05) is 12.2 Å². The van der Waals surface area contributed by atoms with Crippen LogP contribution >= 0.6 is 12.2 Å². The third kappa shape index (κ3) is 5.46. The first-order valence-electron chi connectivity index (χ1n) is 4.10. The zero-order chi connectivity index (χ0) is 9.56. The summed E-state index contributed by atoms with van der Waals surface area (Å²) >= 11 is 4.76. The second-order valence-electron chi connectivity index (χ2n) is 2.65. The number of hydrogen-bond donors (Lipinski definition) is 1. The van der Waals surface area contributed by atoms with Crippen LogP contribution in [0.4, 0.5) is 0 Å². The maximum Gasteiger partial charge on any atom is 0.105 e. The van der Waals surface area contributed by atoms with E-state index in [2.05, 4.69) is 0 Å². The summed E-state index contributed by atoms with van der Waals surface area (Å²) in [4.78, 5) is 0.387. The molecule has 2 N–H and O–H groups in total. The molecule has 0 saturated heterocycles. The Labute approximate surface area is 79.2 Å². The van der Waals surface area contributed by atoms with Crippen LogP contribution in [0, 0.1) is 0 Å². The van der Waals surface area contributed by atoms with E-state index >= 15 is 0 Å². The summed E-state index contributed by atoms with van der Waals surface area (Å²) in [5.74, 6) is 0. The van der Waals surface area contributed by atoms with Gasteiger partial charge in [-0.05, 0) is 20.8 Å². The number of rotatable bonds is 6. The highest BCUT2D eigenvalue weighted by molar-refractivity contribution is 7.80. The molecule has 0 aliphatic carbocycles. The van der Waals surface area contributed by atoms with E-state index in [4.69, 9.17) is 27.4 Å². The van der Waals surface area contributed by atoms with Gasteiger partial charge in [-0.3, -0.25) is 0 Å². The lowest BCUT2D eigenvalue weighted by atomic mass is 10.3. The topological polar surface area (TPSA) is 44.5 Å². The second-order valence-corrected chi connectivity index (χ2v) is 3.12. The normalized spacial score (nSPS) is 15.6. The molecular weight excluding hydrogens is 174 g/mol. The number of thiocarbonyl (C=S) groups is 1. The highest BCUT2D eigenvalue weighted by Crippen LogP contribution is 1.98. The lowest BCUT2D eigenvalue weighted by Crippen LogP contribution is -2.31. The molecule has 12 heavy (non-hydrogen) atoms. The molecule has 72 valence electrons. The molecule has 0 aromatic carbocycles. The Balaban J connectivity index is 3.53. The molecule has 0 bridgehead atoms. The molecule has 2 atom stereocenters. The first-order chi connectivity index (χ1) is 5.57. The van der Waals surface area contributed by atoms with Crippen molar-refractivity contribution in [1.29, 1.82) is 0 Å². The molecule has 2 unspecified atom stereocenters. The van der Waals surface area contributed by atoms with E-state index in [0.29, 0.717) is 18.2 Å². The van der Waals surface area contributed by atoms with Gasteiger partial charge in [-0.15, -0.1) is 0 Å². The highest BCUT2D eigenvalue weighted by Gasteiger charge is 2.10. The van der Waals surface area contributed by atoms with Gasteiger partial charge in [0.25, 0.3) is 0 Å². The minimum atomic E-state index is -0.171. The molecule has 0 aliphatic heterocycles. The number of hydrogen-bond acceptors (Lipinski definition) is 3. The molecular formula is C8H17NO2S. The summed E-state index contributed by atoms with van der Waals surface area (Å²) in [5, 5.41) is 0. The molecule has 0 rings (SSSR count). The van der Waals surface area contributed by atoms with Crippen LogP contribution in [0.5, 0.6) is 0 Å². The summed E-state index contributed by atoms with van der Waals surface area (Å²) in [6.07, 6.45) is -0.128. The quantitative estimate of drug-likeness (QED) is 0.639. The Morgan fingerprint density at radius 3 is 2.50 bits per heavy atom.